The molecule has 0 atom stereocenters. The van der Waals surface area contributed by atoms with Crippen molar-refractivity contribution in [2.24, 2.45) is 0 Å². The maximum absolute atomic E-state index is 8.85. The first-order valence-electron chi connectivity index (χ1n) is 4.56. The van der Waals surface area contributed by atoms with Crippen molar-refractivity contribution in [3.63, 3.8) is 0 Å². The highest BCUT2D eigenvalue weighted by molar-refractivity contribution is 6.17. The Morgan fingerprint density at radius 1 is 1.36 bits per heavy atom. The minimum absolute atomic E-state index is 0.569. The Hall–Kier alpha value is -1.26. The number of allylic oxidation sites excluding steroid dienone is 2. The number of hydrogen-bond acceptors (Lipinski definition) is 1. The molecule has 0 spiro atoms. The van der Waals surface area contributed by atoms with Crippen molar-refractivity contribution in [1.82, 2.24) is 0 Å². The number of hydrogen-bond donors (Lipinski definition) is 0. The number of nitrogens with zero attached hydrogens (tertiary/aromatic N) is 1. The molecule has 0 heterocycles. The molecule has 0 aliphatic carbocycles. The zero-order chi connectivity index (χ0) is 10.2. The van der Waals surface area contributed by atoms with Crippen molar-refractivity contribution in [3.05, 3.63) is 47.5 Å². The van der Waals surface area contributed by atoms with Crippen molar-refractivity contribution < 1.29 is 0 Å². The minimum Gasteiger partial charge on any atom is -0.193 e. The fourth-order valence-corrected chi connectivity index (χ4v) is 1.31. The molecule has 0 aliphatic heterocycles. The molecule has 1 nitrogen and oxygen atoms in total. The predicted molar refractivity (Wildman–Crippen MR) is 59.2 cm³/mol. The van der Waals surface area contributed by atoms with E-state index in [0.29, 0.717) is 12.3 Å². The van der Waals surface area contributed by atoms with E-state index in [2.05, 4.69) is 6.07 Å². The summed E-state index contributed by atoms with van der Waals surface area (Å²) in [5, 5.41) is 8.85. The van der Waals surface area contributed by atoms with Crippen molar-refractivity contribution in [2.45, 2.75) is 12.8 Å². The third-order valence-electron chi connectivity index (χ3n) is 1.88. The first-order valence-corrected chi connectivity index (χ1v) is 5.09. The molecule has 0 fully saturated rings. The van der Waals surface area contributed by atoms with Gasteiger partial charge in [0, 0.05) is 17.9 Å². The van der Waals surface area contributed by atoms with Gasteiger partial charge in [0.15, 0.2) is 0 Å². The fraction of sp³-hybridized carbons (Fsp3) is 0.250. The number of alkyl halides is 1. The second kappa shape index (κ2) is 6.23. The summed E-state index contributed by atoms with van der Waals surface area (Å²) in [5.41, 5.74) is 1.95. The average molecular weight is 206 g/mol. The monoisotopic (exact) mass is 205 g/mol. The fourth-order valence-electron chi connectivity index (χ4n) is 1.20. The largest absolute Gasteiger partial charge is 0.193 e. The van der Waals surface area contributed by atoms with Crippen LogP contribution >= 0.6 is 11.6 Å². The maximum atomic E-state index is 8.85. The summed E-state index contributed by atoms with van der Waals surface area (Å²) >= 11 is 5.55. The van der Waals surface area contributed by atoms with Crippen LogP contribution in [0.1, 0.15) is 12.0 Å². The molecule has 0 radical (unpaired) electrons. The van der Waals surface area contributed by atoms with Crippen LogP contribution in [0.15, 0.2) is 42.0 Å². The van der Waals surface area contributed by atoms with Gasteiger partial charge in [-0.3, -0.25) is 0 Å². The van der Waals surface area contributed by atoms with Crippen LogP contribution in [0.25, 0.3) is 0 Å². The highest BCUT2D eigenvalue weighted by atomic mass is 35.5. The van der Waals surface area contributed by atoms with Gasteiger partial charge in [-0.2, -0.15) is 5.26 Å². The Bertz CT molecular complexity index is 335. The average Bonchev–Trinajstić information content (AvgIpc) is 2.25. The van der Waals surface area contributed by atoms with E-state index in [-0.39, 0.29) is 0 Å². The number of benzene rings is 1. The summed E-state index contributed by atoms with van der Waals surface area (Å²) < 4.78 is 0. The molecular weight excluding hydrogens is 194 g/mol. The lowest BCUT2D eigenvalue weighted by atomic mass is 10.1. The number of nitriles is 1. The van der Waals surface area contributed by atoms with Crippen LogP contribution in [0, 0.1) is 11.3 Å². The van der Waals surface area contributed by atoms with E-state index in [1.807, 2.05) is 36.4 Å². The van der Waals surface area contributed by atoms with Crippen molar-refractivity contribution >= 4 is 11.6 Å². The maximum Gasteiger partial charge on any atom is 0.0947 e. The summed E-state index contributed by atoms with van der Waals surface area (Å²) in [6, 6.07) is 12.2. The second-order valence-corrected chi connectivity index (χ2v) is 3.36. The van der Waals surface area contributed by atoms with Crippen molar-refractivity contribution in [2.75, 3.05) is 5.88 Å². The third kappa shape index (κ3) is 3.64. The van der Waals surface area contributed by atoms with Crippen LogP contribution in [-0.2, 0) is 6.42 Å². The molecule has 0 aromatic heterocycles. The molecule has 0 aliphatic rings. The summed E-state index contributed by atoms with van der Waals surface area (Å²) in [6.07, 6.45) is 3.37. The van der Waals surface area contributed by atoms with Crippen LogP contribution < -0.4 is 0 Å². The molecule has 0 amide bonds. The summed E-state index contributed by atoms with van der Waals surface area (Å²) in [6.45, 7) is 0. The van der Waals surface area contributed by atoms with Crippen LogP contribution in [0.4, 0.5) is 0 Å². The molecule has 0 saturated heterocycles. The Morgan fingerprint density at radius 2 is 2.07 bits per heavy atom. The Kier molecular flexibility index (Phi) is 4.82. The van der Waals surface area contributed by atoms with E-state index in [0.717, 1.165) is 17.6 Å². The zero-order valence-electron chi connectivity index (χ0n) is 7.91. The van der Waals surface area contributed by atoms with Gasteiger partial charge >= 0.3 is 0 Å². The van der Waals surface area contributed by atoms with E-state index >= 15 is 0 Å². The molecular formula is C12H12ClN. The summed E-state index contributed by atoms with van der Waals surface area (Å²) in [7, 11) is 0. The van der Waals surface area contributed by atoms with Gasteiger partial charge < -0.3 is 0 Å². The number of halogens is 1. The van der Waals surface area contributed by atoms with Crippen LogP contribution in [0.3, 0.4) is 0 Å². The molecule has 72 valence electrons. The normalized spacial score (nSPS) is 11.0. The number of rotatable bonds is 4. The molecule has 2 heteroatoms. The van der Waals surface area contributed by atoms with Gasteiger partial charge in [0.05, 0.1) is 6.07 Å². The van der Waals surface area contributed by atoms with Gasteiger partial charge in [0.25, 0.3) is 0 Å². The van der Waals surface area contributed by atoms with Crippen molar-refractivity contribution in [1.29, 1.82) is 5.26 Å². The van der Waals surface area contributed by atoms with Crippen LogP contribution in [0.2, 0.25) is 0 Å². The zero-order valence-corrected chi connectivity index (χ0v) is 8.67. The van der Waals surface area contributed by atoms with Gasteiger partial charge in [-0.05, 0) is 12.0 Å². The first-order chi connectivity index (χ1) is 6.86. The molecule has 14 heavy (non-hydrogen) atoms. The second-order valence-electron chi connectivity index (χ2n) is 2.98. The SMILES string of the molecule is N#C/C(=C/CCCl)Cc1ccccc1. The van der Waals surface area contributed by atoms with Crippen LogP contribution in [0.5, 0.6) is 0 Å². The Balaban J connectivity index is 2.63. The molecule has 0 saturated carbocycles. The predicted octanol–water partition coefficient (Wildman–Crippen LogP) is 3.31. The molecule has 1 aromatic carbocycles. The summed E-state index contributed by atoms with van der Waals surface area (Å²) in [4.78, 5) is 0. The lowest BCUT2D eigenvalue weighted by molar-refractivity contribution is 1.13. The van der Waals surface area contributed by atoms with Crippen LogP contribution in [-0.4, -0.2) is 5.88 Å². The van der Waals surface area contributed by atoms with E-state index in [1.165, 1.54) is 0 Å². The topological polar surface area (TPSA) is 23.8 Å². The van der Waals surface area contributed by atoms with E-state index in [4.69, 9.17) is 16.9 Å². The van der Waals surface area contributed by atoms with Gasteiger partial charge in [-0.15, -0.1) is 11.6 Å². The van der Waals surface area contributed by atoms with Gasteiger partial charge in [-0.1, -0.05) is 36.4 Å². The summed E-state index contributed by atoms with van der Waals surface area (Å²) in [5.74, 6) is 0.569. The Labute approximate surface area is 89.6 Å². The van der Waals surface area contributed by atoms with Gasteiger partial charge in [0.2, 0.25) is 0 Å². The third-order valence-corrected chi connectivity index (χ3v) is 2.10. The highest BCUT2D eigenvalue weighted by Crippen LogP contribution is 2.07. The molecule has 1 aromatic rings. The minimum atomic E-state index is 0.569. The van der Waals surface area contributed by atoms with Gasteiger partial charge in [-0.25, -0.2) is 0 Å². The lowest BCUT2D eigenvalue weighted by Gasteiger charge is -1.98. The molecule has 1 rings (SSSR count). The first kappa shape index (κ1) is 10.8. The van der Waals surface area contributed by atoms with Crippen molar-refractivity contribution in [3.8, 4) is 6.07 Å². The standard InChI is InChI=1S/C12H12ClN/c13-8-4-7-12(10-14)9-11-5-2-1-3-6-11/h1-3,5-7H,4,8-9H2/b12-7+. The molecule has 0 unspecified atom stereocenters. The quantitative estimate of drug-likeness (QED) is 0.547. The van der Waals surface area contributed by atoms with E-state index in [1.54, 1.807) is 0 Å². The van der Waals surface area contributed by atoms with E-state index < -0.39 is 0 Å². The highest BCUT2D eigenvalue weighted by Gasteiger charge is 1.96. The smallest absolute Gasteiger partial charge is 0.0947 e. The molecule has 0 bridgehead atoms. The van der Waals surface area contributed by atoms with Gasteiger partial charge in [0.1, 0.15) is 0 Å². The van der Waals surface area contributed by atoms with E-state index in [9.17, 15) is 0 Å². The molecule has 0 N–H and O–H groups in total. The Morgan fingerprint density at radius 3 is 2.64 bits per heavy atom. The lowest BCUT2D eigenvalue weighted by Crippen LogP contribution is -1.88.